The first-order chi connectivity index (χ1) is 10.1. The van der Waals surface area contributed by atoms with Gasteiger partial charge in [0.15, 0.2) is 0 Å². The molecule has 23 heavy (non-hydrogen) atoms. The monoisotopic (exact) mass is 332 g/mol. The van der Waals surface area contributed by atoms with E-state index in [-0.39, 0.29) is 11.0 Å². The second-order valence-electron chi connectivity index (χ2n) is 7.65. The molecule has 0 aliphatic rings. The Hall–Kier alpha value is -1.60. The summed E-state index contributed by atoms with van der Waals surface area (Å²) in [6, 6.07) is 0. The van der Waals surface area contributed by atoms with E-state index in [0.717, 1.165) is 0 Å². The van der Waals surface area contributed by atoms with Gasteiger partial charge in [-0.25, -0.2) is 14.5 Å². The summed E-state index contributed by atoms with van der Waals surface area (Å²) < 4.78 is 9.75. The van der Waals surface area contributed by atoms with Crippen LogP contribution >= 0.6 is 0 Å². The Balaban J connectivity index is 4.31. The van der Waals surface area contributed by atoms with Gasteiger partial charge in [0.25, 0.3) is 5.79 Å². The largest absolute Gasteiger partial charge is 0.545 e. The van der Waals surface area contributed by atoms with Gasteiger partial charge in [0.05, 0.1) is 0 Å². The number of carbonyl (C=O) groups is 2. The lowest BCUT2D eigenvalue weighted by Gasteiger charge is -2.30. The molecule has 7 nitrogen and oxygen atoms in total. The molecule has 0 fully saturated rings. The average Bonchev–Trinajstić information content (AvgIpc) is 2.22. The molecular weight excluding hydrogens is 304 g/mol. The lowest BCUT2D eigenvalue weighted by molar-refractivity contribution is -0.520. The minimum absolute atomic E-state index is 0.00606. The summed E-state index contributed by atoms with van der Waals surface area (Å²) in [6.45, 7) is 17.4. The molecule has 0 heterocycles. The fourth-order valence-electron chi connectivity index (χ4n) is 1.99. The fourth-order valence-corrected chi connectivity index (χ4v) is 1.99. The second-order valence-corrected chi connectivity index (χ2v) is 7.65. The molecule has 0 aliphatic heterocycles. The third-order valence-corrected chi connectivity index (χ3v) is 2.33. The van der Waals surface area contributed by atoms with Crippen molar-refractivity contribution in [2.45, 2.75) is 73.2 Å². The highest BCUT2D eigenvalue weighted by Crippen LogP contribution is 2.29. The minimum atomic E-state index is -1.53. The zero-order chi connectivity index (χ0) is 18.5. The van der Waals surface area contributed by atoms with E-state index in [1.165, 1.54) is 20.8 Å². The number of rotatable bonds is 7. The summed E-state index contributed by atoms with van der Waals surface area (Å²) in [4.78, 5) is 32.4. The van der Waals surface area contributed by atoms with Crippen LogP contribution < -0.4 is 0 Å². The molecule has 0 atom stereocenters. The summed E-state index contributed by atoms with van der Waals surface area (Å²) >= 11 is 0. The average molecular weight is 332 g/mol. The van der Waals surface area contributed by atoms with E-state index < -0.39 is 23.5 Å². The Labute approximate surface area is 137 Å². The number of hydrogen-bond acceptors (Lipinski definition) is 7. The van der Waals surface area contributed by atoms with Crippen molar-refractivity contribution in [3.63, 3.8) is 0 Å². The fraction of sp³-hybridized carbons (Fsp3) is 0.750. The predicted octanol–water partition coefficient (Wildman–Crippen LogP) is 4.07. The first-order valence-corrected chi connectivity index (χ1v) is 7.28. The molecule has 0 rings (SSSR count). The van der Waals surface area contributed by atoms with Gasteiger partial charge in [-0.3, -0.25) is 0 Å². The number of carbonyl (C=O) groups excluding carboxylic acids is 2. The Morgan fingerprint density at radius 2 is 1.48 bits per heavy atom. The van der Waals surface area contributed by atoms with Crippen LogP contribution in [0.15, 0.2) is 12.2 Å². The molecule has 0 saturated heterocycles. The molecule has 0 aliphatic carbocycles. The van der Waals surface area contributed by atoms with E-state index in [2.05, 4.69) is 16.5 Å². The molecule has 0 spiro atoms. The van der Waals surface area contributed by atoms with Gasteiger partial charge in [-0.1, -0.05) is 27.4 Å². The van der Waals surface area contributed by atoms with Gasteiger partial charge < -0.3 is 9.47 Å². The number of esters is 1. The lowest BCUT2D eigenvalue weighted by atomic mass is 9.84. The Bertz CT molecular complexity index is 444. The highest BCUT2D eigenvalue weighted by molar-refractivity contribution is 5.87. The Morgan fingerprint density at radius 1 is 0.957 bits per heavy atom. The van der Waals surface area contributed by atoms with E-state index in [1.807, 2.05) is 20.8 Å². The van der Waals surface area contributed by atoms with E-state index in [9.17, 15) is 9.59 Å². The van der Waals surface area contributed by atoms with Gasteiger partial charge >= 0.3 is 12.1 Å². The molecule has 0 N–H and O–H groups in total. The van der Waals surface area contributed by atoms with Gasteiger partial charge in [0.1, 0.15) is 5.60 Å². The van der Waals surface area contributed by atoms with Crippen LogP contribution in [-0.2, 0) is 29.1 Å². The highest BCUT2D eigenvalue weighted by Gasteiger charge is 2.31. The van der Waals surface area contributed by atoms with Gasteiger partial charge in [0, 0.05) is 19.4 Å². The van der Waals surface area contributed by atoms with Crippen LogP contribution in [0, 0.1) is 5.41 Å². The maximum atomic E-state index is 11.5. The van der Waals surface area contributed by atoms with Gasteiger partial charge in [-0.2, -0.15) is 4.89 Å². The molecule has 0 amide bonds. The first-order valence-electron chi connectivity index (χ1n) is 7.28. The highest BCUT2D eigenvalue weighted by atomic mass is 17.5. The molecule has 134 valence electrons. The normalized spacial score (nSPS) is 12.5. The zero-order valence-corrected chi connectivity index (χ0v) is 15.3. The van der Waals surface area contributed by atoms with Crippen molar-refractivity contribution in [2.75, 3.05) is 0 Å². The molecule has 7 heteroatoms. The molecule has 0 bridgehead atoms. The molecule has 0 aromatic rings. The number of hydrogen-bond donors (Lipinski definition) is 0. The quantitative estimate of drug-likeness (QED) is 0.228. The van der Waals surface area contributed by atoms with Crippen LogP contribution in [0.3, 0.4) is 0 Å². The van der Waals surface area contributed by atoms with Crippen molar-refractivity contribution in [3.8, 4) is 0 Å². The van der Waals surface area contributed by atoms with E-state index in [0.29, 0.717) is 6.42 Å². The molecule has 0 saturated carbocycles. The summed E-state index contributed by atoms with van der Waals surface area (Å²) in [7, 11) is 0. The third-order valence-electron chi connectivity index (χ3n) is 2.33. The van der Waals surface area contributed by atoms with Crippen molar-refractivity contribution < 1.29 is 33.9 Å². The van der Waals surface area contributed by atoms with E-state index >= 15 is 0 Å². The lowest BCUT2D eigenvalue weighted by Crippen LogP contribution is -2.35. The molecule has 0 aromatic heterocycles. The Kier molecular flexibility index (Phi) is 7.25. The molecule has 0 unspecified atom stereocenters. The van der Waals surface area contributed by atoms with Crippen molar-refractivity contribution in [1.82, 2.24) is 0 Å². The van der Waals surface area contributed by atoms with Gasteiger partial charge in [-0.05, 0) is 37.6 Å². The smallest absolute Gasteiger partial charge is 0.420 e. The molecular formula is C16H28O7. The van der Waals surface area contributed by atoms with Gasteiger partial charge in [-0.15, -0.1) is 0 Å². The van der Waals surface area contributed by atoms with Crippen LogP contribution in [0.4, 0.5) is 4.79 Å². The van der Waals surface area contributed by atoms with Crippen LogP contribution in [0.25, 0.3) is 0 Å². The topological polar surface area (TPSA) is 80.3 Å². The van der Waals surface area contributed by atoms with Crippen LogP contribution in [-0.4, -0.2) is 23.5 Å². The van der Waals surface area contributed by atoms with Crippen LogP contribution in [0.2, 0.25) is 0 Å². The van der Waals surface area contributed by atoms with Crippen molar-refractivity contribution >= 4 is 12.1 Å². The number of ether oxygens (including phenoxy) is 2. The van der Waals surface area contributed by atoms with Crippen molar-refractivity contribution in [3.05, 3.63) is 12.2 Å². The predicted molar refractivity (Wildman–Crippen MR) is 82.9 cm³/mol. The van der Waals surface area contributed by atoms with Crippen LogP contribution in [0.1, 0.15) is 61.8 Å². The second kappa shape index (κ2) is 7.79. The van der Waals surface area contributed by atoms with E-state index in [4.69, 9.17) is 14.4 Å². The zero-order valence-electron chi connectivity index (χ0n) is 15.3. The summed E-state index contributed by atoms with van der Waals surface area (Å²) in [5.74, 6) is -2.22. The Morgan fingerprint density at radius 3 is 1.91 bits per heavy atom. The first kappa shape index (κ1) is 21.4. The van der Waals surface area contributed by atoms with Crippen LogP contribution in [0.5, 0.6) is 0 Å². The summed E-state index contributed by atoms with van der Waals surface area (Å²) in [5.41, 5.74) is -0.481. The van der Waals surface area contributed by atoms with Crippen molar-refractivity contribution in [1.29, 1.82) is 0 Å². The summed E-state index contributed by atoms with van der Waals surface area (Å²) in [5, 5.41) is 4.47. The standard InChI is InChI=1S/C16H28O7/c1-11(2)12(17)19-16(8,9)20-13(18)21-23-22-15(6,7)10-14(3,4)5/h1,10H2,2-9H3. The van der Waals surface area contributed by atoms with Gasteiger partial charge in [0.2, 0.25) is 0 Å². The van der Waals surface area contributed by atoms with Crippen molar-refractivity contribution in [2.24, 2.45) is 5.41 Å². The van der Waals surface area contributed by atoms with E-state index in [1.54, 1.807) is 13.8 Å². The summed E-state index contributed by atoms with van der Waals surface area (Å²) in [6.07, 6.45) is -0.531. The third kappa shape index (κ3) is 10.7. The molecule has 0 aromatic carbocycles. The maximum Gasteiger partial charge on any atom is 0.545 e. The minimum Gasteiger partial charge on any atom is -0.420 e. The SMILES string of the molecule is C=C(C)C(=O)OC(C)(C)OC(=O)OOOC(C)(C)CC(C)(C)C. The maximum absolute atomic E-state index is 11.5. The molecule has 0 radical (unpaired) electrons.